The number of esters is 1. The molecule has 0 aromatic carbocycles. The zero-order chi connectivity index (χ0) is 34.3. The summed E-state index contributed by atoms with van der Waals surface area (Å²) in [6.07, 6.45) is 5.25. The van der Waals surface area contributed by atoms with Crippen LogP contribution in [0.3, 0.4) is 0 Å². The van der Waals surface area contributed by atoms with Gasteiger partial charge in [0.1, 0.15) is 24.2 Å². The second-order valence-corrected chi connectivity index (χ2v) is 12.6. The third-order valence-electron chi connectivity index (χ3n) is 8.58. The number of allylic oxidation sites excluding steroid dienone is 6. The summed E-state index contributed by atoms with van der Waals surface area (Å²) < 4.78 is 28.5. The number of carboxylic acid groups (broad SMARTS) is 1. The molecule has 0 aliphatic carbocycles. The molecule has 4 heterocycles. The van der Waals surface area contributed by atoms with Crippen molar-refractivity contribution in [2.24, 2.45) is 11.7 Å². The van der Waals surface area contributed by atoms with Crippen molar-refractivity contribution in [2.75, 3.05) is 0 Å². The predicted molar refractivity (Wildman–Crippen MR) is 165 cm³/mol. The quantitative estimate of drug-likeness (QED) is 0.157. The van der Waals surface area contributed by atoms with E-state index in [1.54, 1.807) is 56.4 Å². The van der Waals surface area contributed by atoms with Crippen LogP contribution in [0.25, 0.3) is 0 Å². The van der Waals surface area contributed by atoms with Crippen LogP contribution in [-0.4, -0.2) is 122 Å². The van der Waals surface area contributed by atoms with Crippen LogP contribution in [0.15, 0.2) is 60.8 Å². The molecule has 0 amide bonds. The number of epoxide rings is 1. The monoisotopic (exact) mass is 665 g/mol. The van der Waals surface area contributed by atoms with Gasteiger partial charge >= 0.3 is 11.9 Å². The molecule has 3 fully saturated rings. The molecule has 3 saturated heterocycles. The van der Waals surface area contributed by atoms with Gasteiger partial charge in [0, 0.05) is 38.2 Å². The molecule has 14 nitrogen and oxygen atoms in total. The second kappa shape index (κ2) is 16.6. The Hall–Kier alpha value is -2.76. The predicted octanol–water partition coefficient (Wildman–Crippen LogP) is 0.120. The van der Waals surface area contributed by atoms with Gasteiger partial charge in [-0.1, -0.05) is 48.6 Å². The lowest BCUT2D eigenvalue weighted by molar-refractivity contribution is -0.308. The molecule has 4 rings (SSSR count). The first kappa shape index (κ1) is 37.1. The molecule has 262 valence electrons. The summed E-state index contributed by atoms with van der Waals surface area (Å²) in [6.45, 7) is 3.34. The number of fused-ring (bicyclic) bond motifs is 3. The van der Waals surface area contributed by atoms with Crippen molar-refractivity contribution in [3.63, 3.8) is 0 Å². The van der Waals surface area contributed by atoms with E-state index in [0.717, 1.165) is 0 Å². The van der Waals surface area contributed by atoms with Crippen molar-refractivity contribution in [1.29, 1.82) is 0 Å². The molecule has 4 aliphatic rings. The standard InChI is InChI=1S/C33H47NO13/c1-18-10-8-6-4-3-5-7-9-11-21(45-32-30(39)28(34)29(38)19(2)44-32)15-25-27(31(40)41)22(36)17-33(42,47-25)16-20(35)14-24-23(46-24)12-13-26(37)43-18/h3-9,11-13,18-25,27-30,32,35-36,38-39,42H,10,14-17,34H2,1-2H3,(H,40,41)/b4-3-,7-5-,8-6-,11-9-,13-12-. The van der Waals surface area contributed by atoms with Gasteiger partial charge in [0.2, 0.25) is 0 Å². The van der Waals surface area contributed by atoms with Gasteiger partial charge < -0.3 is 60.1 Å². The molecule has 0 aromatic rings. The van der Waals surface area contributed by atoms with Crippen LogP contribution >= 0.6 is 0 Å². The van der Waals surface area contributed by atoms with Crippen molar-refractivity contribution in [3.05, 3.63) is 60.8 Å². The number of hydrogen-bond acceptors (Lipinski definition) is 13. The lowest BCUT2D eigenvalue weighted by Gasteiger charge is -2.45. The fourth-order valence-corrected chi connectivity index (χ4v) is 6.00. The average Bonchev–Trinajstić information content (AvgIpc) is 3.72. The molecule has 0 saturated carbocycles. The van der Waals surface area contributed by atoms with E-state index >= 15 is 0 Å². The lowest BCUT2D eigenvalue weighted by atomic mass is 9.83. The Bertz CT molecular complexity index is 1220. The first-order valence-corrected chi connectivity index (χ1v) is 15.9. The Kier molecular flexibility index (Phi) is 13.1. The zero-order valence-corrected chi connectivity index (χ0v) is 26.4. The smallest absolute Gasteiger partial charge is 0.330 e. The van der Waals surface area contributed by atoms with E-state index in [1.807, 2.05) is 6.08 Å². The molecule has 0 spiro atoms. The number of rotatable bonds is 3. The van der Waals surface area contributed by atoms with Gasteiger partial charge in [-0.3, -0.25) is 4.79 Å². The van der Waals surface area contributed by atoms with Crippen molar-refractivity contribution < 1.29 is 63.9 Å². The third kappa shape index (κ3) is 10.6. The van der Waals surface area contributed by atoms with Gasteiger partial charge in [-0.15, -0.1) is 0 Å². The number of aliphatic carboxylic acids is 1. The van der Waals surface area contributed by atoms with Crippen molar-refractivity contribution in [1.82, 2.24) is 0 Å². The molecule has 0 aromatic heterocycles. The number of ether oxygens (including phenoxy) is 5. The van der Waals surface area contributed by atoms with E-state index < -0.39 is 97.3 Å². The summed E-state index contributed by atoms with van der Waals surface area (Å²) >= 11 is 0. The van der Waals surface area contributed by atoms with E-state index in [1.165, 1.54) is 12.2 Å². The molecular weight excluding hydrogens is 618 g/mol. The van der Waals surface area contributed by atoms with Crippen molar-refractivity contribution in [3.8, 4) is 0 Å². The fourth-order valence-electron chi connectivity index (χ4n) is 6.00. The van der Waals surface area contributed by atoms with Crippen LogP contribution in [-0.2, 0) is 33.3 Å². The average molecular weight is 666 g/mol. The number of carbonyl (C=O) groups is 2. The summed E-state index contributed by atoms with van der Waals surface area (Å²) in [5.74, 6) is -5.45. The first-order valence-electron chi connectivity index (χ1n) is 15.9. The third-order valence-corrected chi connectivity index (χ3v) is 8.58. The molecule has 47 heavy (non-hydrogen) atoms. The topological polar surface area (TPSA) is 231 Å². The summed E-state index contributed by atoms with van der Waals surface area (Å²) in [6, 6.07) is -1.08. The minimum Gasteiger partial charge on any atom is -0.481 e. The van der Waals surface area contributed by atoms with Crippen LogP contribution in [0, 0.1) is 5.92 Å². The van der Waals surface area contributed by atoms with Gasteiger partial charge in [0.25, 0.3) is 0 Å². The van der Waals surface area contributed by atoms with E-state index in [0.29, 0.717) is 6.42 Å². The molecule has 14 unspecified atom stereocenters. The molecule has 14 atom stereocenters. The number of cyclic esters (lactones) is 1. The molecule has 2 bridgehead atoms. The van der Waals surface area contributed by atoms with E-state index in [-0.39, 0.29) is 25.4 Å². The van der Waals surface area contributed by atoms with Crippen LogP contribution in [0.4, 0.5) is 0 Å². The molecule has 4 aliphatic heterocycles. The first-order chi connectivity index (χ1) is 22.3. The lowest BCUT2D eigenvalue weighted by Crippen LogP contribution is -2.61. The number of aliphatic hydroxyl groups excluding tert-OH is 4. The fraction of sp³-hybridized carbons (Fsp3) is 0.636. The maximum Gasteiger partial charge on any atom is 0.330 e. The van der Waals surface area contributed by atoms with Crippen LogP contribution in [0.2, 0.25) is 0 Å². The number of carbonyl (C=O) groups excluding carboxylic acids is 1. The van der Waals surface area contributed by atoms with Crippen molar-refractivity contribution >= 4 is 11.9 Å². The SMILES string of the molecule is CC1C\C=C/C=C\C=C/C=C\C(OC2OC(C)C(O)C(N)C2O)CC2OC(O)(CC(O)CC3OC3/C=C\C(=O)O1)CC(O)C2C(=O)O. The molecular formula is C33H47NO13. The zero-order valence-electron chi connectivity index (χ0n) is 26.4. The number of hydrogen-bond donors (Lipinski definition) is 7. The highest BCUT2D eigenvalue weighted by atomic mass is 16.7. The van der Waals surface area contributed by atoms with Gasteiger partial charge in [0.05, 0.1) is 48.8 Å². The number of carboxylic acids is 1. The molecule has 14 heteroatoms. The molecule has 8 N–H and O–H groups in total. The Morgan fingerprint density at radius 3 is 2.36 bits per heavy atom. The van der Waals surface area contributed by atoms with Crippen molar-refractivity contribution in [2.45, 2.75) is 125 Å². The van der Waals surface area contributed by atoms with Crippen LogP contribution in [0.5, 0.6) is 0 Å². The van der Waals surface area contributed by atoms with Gasteiger partial charge in [-0.25, -0.2) is 4.79 Å². The maximum absolute atomic E-state index is 12.3. The maximum atomic E-state index is 12.3. The minimum absolute atomic E-state index is 0.0789. The number of aliphatic hydroxyl groups is 5. The summed E-state index contributed by atoms with van der Waals surface area (Å²) in [7, 11) is 0. The Labute approximate surface area is 273 Å². The highest BCUT2D eigenvalue weighted by molar-refractivity contribution is 5.82. The largest absolute Gasteiger partial charge is 0.481 e. The van der Waals surface area contributed by atoms with E-state index in [9.17, 15) is 40.2 Å². The van der Waals surface area contributed by atoms with E-state index in [2.05, 4.69) is 0 Å². The Morgan fingerprint density at radius 1 is 0.936 bits per heavy atom. The molecule has 0 radical (unpaired) electrons. The van der Waals surface area contributed by atoms with Gasteiger partial charge in [0.15, 0.2) is 12.1 Å². The minimum atomic E-state index is -2.10. The normalized spacial score (nSPS) is 47.2. The Morgan fingerprint density at radius 2 is 1.64 bits per heavy atom. The van der Waals surface area contributed by atoms with Gasteiger partial charge in [-0.05, 0) is 19.9 Å². The highest BCUT2D eigenvalue weighted by Gasteiger charge is 2.51. The highest BCUT2D eigenvalue weighted by Crippen LogP contribution is 2.39. The van der Waals surface area contributed by atoms with Gasteiger partial charge in [-0.2, -0.15) is 0 Å². The Balaban J connectivity index is 1.58. The van der Waals surface area contributed by atoms with Crippen LogP contribution < -0.4 is 5.73 Å². The summed E-state index contributed by atoms with van der Waals surface area (Å²) in [4.78, 5) is 24.4. The van der Waals surface area contributed by atoms with E-state index in [4.69, 9.17) is 29.4 Å². The summed E-state index contributed by atoms with van der Waals surface area (Å²) in [5.41, 5.74) is 5.98. The second-order valence-electron chi connectivity index (χ2n) is 12.6. The number of nitrogens with two attached hydrogens (primary N) is 1. The summed E-state index contributed by atoms with van der Waals surface area (Å²) in [5, 5.41) is 63.9. The van der Waals surface area contributed by atoms with Crippen LogP contribution in [0.1, 0.15) is 46.0 Å².